The first kappa shape index (κ1) is 24.8. The lowest BCUT2D eigenvalue weighted by atomic mass is 9.64. The zero-order valence-corrected chi connectivity index (χ0v) is 24.3. The number of nitrogens with one attached hydrogen (secondary N) is 2. The van der Waals surface area contributed by atoms with Crippen LogP contribution in [0.2, 0.25) is 0 Å². The summed E-state index contributed by atoms with van der Waals surface area (Å²) in [7, 11) is 0. The standard InChI is InChI=1S/C37H38N2O2/c1-36(2)26-18-22(13-15-30(26)38-34-24-9-5-7-11-32(24)40-20-28(34)36)17-23-14-16-31-27(19-23)37(3,4)29-21-41-33-12-8-6-10-25(33)35(29)39-31/h5-16,18-19,28-29,34-35,38-39H,17,20-21H2,1-4H3/t28-,29-,34+,35+/m1/s1. The molecule has 0 amide bonds. The van der Waals surface area contributed by atoms with Crippen LogP contribution in [0.5, 0.6) is 11.5 Å². The second-order valence-electron chi connectivity index (χ2n) is 13.5. The second kappa shape index (κ2) is 8.79. The lowest BCUT2D eigenvalue weighted by Crippen LogP contribution is -2.46. The van der Waals surface area contributed by atoms with Gasteiger partial charge in [-0.2, -0.15) is 0 Å². The molecule has 41 heavy (non-hydrogen) atoms. The fourth-order valence-electron chi connectivity index (χ4n) is 8.02. The molecule has 0 saturated carbocycles. The molecule has 8 rings (SSSR count). The third-order valence-corrected chi connectivity index (χ3v) is 10.6. The molecule has 0 bridgehead atoms. The Kier molecular flexibility index (Phi) is 5.32. The Morgan fingerprint density at radius 2 is 1.05 bits per heavy atom. The number of para-hydroxylation sites is 2. The molecule has 0 spiro atoms. The van der Waals surface area contributed by atoms with Crippen LogP contribution in [0, 0.1) is 11.8 Å². The fraction of sp³-hybridized carbons (Fsp3) is 0.351. The van der Waals surface area contributed by atoms with Gasteiger partial charge in [0.15, 0.2) is 0 Å². The SMILES string of the molecule is CC1(C)c2cc(Cc3ccc4c(c3)C(C)(C)[C@@H]3COc5ccccc5[C@@H]3N4)ccc2N[C@H]2c3ccccc3OC[C@H]21. The van der Waals surface area contributed by atoms with E-state index >= 15 is 0 Å². The Balaban J connectivity index is 1.10. The average molecular weight is 543 g/mol. The molecule has 4 nitrogen and oxygen atoms in total. The van der Waals surface area contributed by atoms with Gasteiger partial charge in [0.1, 0.15) is 11.5 Å². The molecule has 0 aromatic heterocycles. The number of ether oxygens (including phenoxy) is 2. The van der Waals surface area contributed by atoms with E-state index in [2.05, 4.69) is 123 Å². The minimum atomic E-state index is -0.0111. The first-order valence-corrected chi connectivity index (χ1v) is 15.0. The predicted molar refractivity (Wildman–Crippen MR) is 165 cm³/mol. The molecule has 4 aliphatic heterocycles. The van der Waals surface area contributed by atoms with E-state index in [-0.39, 0.29) is 22.9 Å². The van der Waals surface area contributed by atoms with Crippen molar-refractivity contribution in [1.82, 2.24) is 0 Å². The van der Waals surface area contributed by atoms with Gasteiger partial charge in [0, 0.05) is 45.2 Å². The Bertz CT molecular complexity index is 1550. The molecular formula is C37H38N2O2. The summed E-state index contributed by atoms with van der Waals surface area (Å²) in [5.41, 5.74) is 10.5. The van der Waals surface area contributed by atoms with Gasteiger partial charge in [0.2, 0.25) is 0 Å². The Morgan fingerprint density at radius 1 is 0.610 bits per heavy atom. The maximum absolute atomic E-state index is 6.24. The molecule has 2 N–H and O–H groups in total. The van der Waals surface area contributed by atoms with Gasteiger partial charge in [0.25, 0.3) is 0 Å². The molecule has 4 aromatic rings. The summed E-state index contributed by atoms with van der Waals surface area (Å²) in [5.74, 6) is 2.76. The number of fused-ring (bicyclic) bond motifs is 8. The van der Waals surface area contributed by atoms with Crippen LogP contribution in [-0.2, 0) is 17.3 Å². The number of hydrogen-bond acceptors (Lipinski definition) is 4. The van der Waals surface area contributed by atoms with E-state index in [0.29, 0.717) is 11.8 Å². The highest BCUT2D eigenvalue weighted by Gasteiger charge is 2.47. The van der Waals surface area contributed by atoms with Crippen LogP contribution in [0.25, 0.3) is 0 Å². The van der Waals surface area contributed by atoms with Crippen molar-refractivity contribution in [2.45, 2.75) is 57.0 Å². The van der Waals surface area contributed by atoms with E-state index in [1.54, 1.807) is 0 Å². The zero-order chi connectivity index (χ0) is 27.9. The molecule has 0 radical (unpaired) electrons. The van der Waals surface area contributed by atoms with Crippen molar-refractivity contribution in [1.29, 1.82) is 0 Å². The first-order chi connectivity index (χ1) is 19.8. The van der Waals surface area contributed by atoms with Gasteiger partial charge in [-0.05, 0) is 52.9 Å². The second-order valence-corrected chi connectivity index (χ2v) is 13.5. The van der Waals surface area contributed by atoms with Crippen molar-refractivity contribution in [2.24, 2.45) is 11.8 Å². The molecule has 4 heterocycles. The number of hydrogen-bond donors (Lipinski definition) is 2. The molecule has 4 heteroatoms. The molecule has 4 aromatic carbocycles. The Morgan fingerprint density at radius 3 is 1.51 bits per heavy atom. The predicted octanol–water partition coefficient (Wildman–Crippen LogP) is 8.18. The van der Waals surface area contributed by atoms with Gasteiger partial charge in [-0.3, -0.25) is 0 Å². The van der Waals surface area contributed by atoms with E-state index in [0.717, 1.165) is 31.1 Å². The van der Waals surface area contributed by atoms with Crippen LogP contribution in [0.1, 0.15) is 73.2 Å². The highest BCUT2D eigenvalue weighted by Crippen LogP contribution is 2.53. The van der Waals surface area contributed by atoms with Crippen molar-refractivity contribution in [3.63, 3.8) is 0 Å². The van der Waals surface area contributed by atoms with Crippen LogP contribution in [0.15, 0.2) is 84.9 Å². The Hall–Kier alpha value is -3.92. The van der Waals surface area contributed by atoms with Gasteiger partial charge in [-0.25, -0.2) is 0 Å². The maximum atomic E-state index is 6.24. The minimum absolute atomic E-state index is 0.0111. The van der Waals surface area contributed by atoms with Crippen LogP contribution in [-0.4, -0.2) is 13.2 Å². The van der Waals surface area contributed by atoms with Crippen molar-refractivity contribution >= 4 is 11.4 Å². The summed E-state index contributed by atoms with van der Waals surface area (Å²) in [6, 6.07) is 31.6. The Labute approximate surface area is 243 Å². The van der Waals surface area contributed by atoms with E-state index in [4.69, 9.17) is 9.47 Å². The lowest BCUT2D eigenvalue weighted by Gasteiger charge is -2.49. The number of anilines is 2. The first-order valence-electron chi connectivity index (χ1n) is 15.0. The van der Waals surface area contributed by atoms with E-state index in [9.17, 15) is 0 Å². The van der Waals surface area contributed by atoms with E-state index in [1.807, 2.05) is 0 Å². The van der Waals surface area contributed by atoms with Gasteiger partial charge in [-0.1, -0.05) is 88.4 Å². The van der Waals surface area contributed by atoms with Crippen LogP contribution in [0.4, 0.5) is 11.4 Å². The molecule has 0 unspecified atom stereocenters. The number of benzene rings is 4. The summed E-state index contributed by atoms with van der Waals surface area (Å²) in [6.07, 6.45) is 0.910. The normalized spacial score (nSPS) is 25.7. The third-order valence-electron chi connectivity index (χ3n) is 10.6. The third kappa shape index (κ3) is 3.72. The van der Waals surface area contributed by atoms with E-state index < -0.39 is 0 Å². The molecule has 4 aliphatic rings. The fourth-order valence-corrected chi connectivity index (χ4v) is 8.02. The minimum Gasteiger partial charge on any atom is -0.493 e. The van der Waals surface area contributed by atoms with Crippen LogP contribution < -0.4 is 20.1 Å². The highest BCUT2D eigenvalue weighted by atomic mass is 16.5. The summed E-state index contributed by atoms with van der Waals surface area (Å²) >= 11 is 0. The smallest absolute Gasteiger partial charge is 0.124 e. The monoisotopic (exact) mass is 542 g/mol. The van der Waals surface area contributed by atoms with Crippen molar-refractivity contribution < 1.29 is 9.47 Å². The number of rotatable bonds is 2. The van der Waals surface area contributed by atoms with Gasteiger partial charge in [0.05, 0.1) is 25.3 Å². The summed E-state index contributed by atoms with van der Waals surface area (Å²) in [5, 5.41) is 7.77. The lowest BCUT2D eigenvalue weighted by molar-refractivity contribution is 0.135. The molecule has 0 fully saturated rings. The maximum Gasteiger partial charge on any atom is 0.124 e. The van der Waals surface area contributed by atoms with Crippen LogP contribution >= 0.6 is 0 Å². The van der Waals surface area contributed by atoms with Crippen LogP contribution in [0.3, 0.4) is 0 Å². The molecular weight excluding hydrogens is 504 g/mol. The summed E-state index contributed by atoms with van der Waals surface area (Å²) in [4.78, 5) is 0. The molecule has 0 aliphatic carbocycles. The van der Waals surface area contributed by atoms with Crippen molar-refractivity contribution in [3.05, 3.63) is 118 Å². The quantitative estimate of drug-likeness (QED) is 0.268. The highest BCUT2D eigenvalue weighted by molar-refractivity contribution is 5.64. The topological polar surface area (TPSA) is 42.5 Å². The molecule has 4 atom stereocenters. The average Bonchev–Trinajstić information content (AvgIpc) is 2.98. The van der Waals surface area contributed by atoms with Gasteiger partial charge in [-0.15, -0.1) is 0 Å². The largest absolute Gasteiger partial charge is 0.493 e. The van der Waals surface area contributed by atoms with Crippen molar-refractivity contribution in [2.75, 3.05) is 23.8 Å². The van der Waals surface area contributed by atoms with E-state index in [1.165, 1.54) is 44.8 Å². The zero-order valence-electron chi connectivity index (χ0n) is 24.3. The summed E-state index contributed by atoms with van der Waals surface area (Å²) < 4.78 is 12.5. The molecule has 208 valence electrons. The van der Waals surface area contributed by atoms with Gasteiger partial charge >= 0.3 is 0 Å². The summed E-state index contributed by atoms with van der Waals surface area (Å²) in [6.45, 7) is 11.0. The molecule has 0 saturated heterocycles. The van der Waals surface area contributed by atoms with Gasteiger partial charge < -0.3 is 20.1 Å². The van der Waals surface area contributed by atoms with Crippen molar-refractivity contribution in [3.8, 4) is 11.5 Å².